The zero-order chi connectivity index (χ0) is 23.4. The maximum atomic E-state index is 12.7. The lowest BCUT2D eigenvalue weighted by molar-refractivity contribution is -0.137. The van der Waals surface area contributed by atoms with Crippen molar-refractivity contribution in [2.45, 2.75) is 24.0 Å². The number of benzene rings is 2. The summed E-state index contributed by atoms with van der Waals surface area (Å²) in [6, 6.07) is 11.3. The van der Waals surface area contributed by atoms with E-state index >= 15 is 0 Å². The second-order valence-corrected chi connectivity index (χ2v) is 9.96. The number of sulfone groups is 1. The van der Waals surface area contributed by atoms with Crippen LogP contribution in [0.1, 0.15) is 17.5 Å². The molecule has 3 rings (SSSR count). The molecule has 0 atom stereocenters. The van der Waals surface area contributed by atoms with Crippen molar-refractivity contribution >= 4 is 21.4 Å². The van der Waals surface area contributed by atoms with Crippen LogP contribution in [0.3, 0.4) is 0 Å². The van der Waals surface area contributed by atoms with Crippen LogP contribution < -0.4 is 5.32 Å². The molecular weight excluding hydrogens is 443 g/mol. The minimum absolute atomic E-state index is 0.143. The van der Waals surface area contributed by atoms with Gasteiger partial charge in [0, 0.05) is 31.6 Å². The van der Waals surface area contributed by atoms with Crippen LogP contribution in [-0.4, -0.2) is 63.1 Å². The molecule has 1 heterocycles. The first-order chi connectivity index (χ1) is 15.0. The van der Waals surface area contributed by atoms with Gasteiger partial charge in [0.2, 0.25) is 5.91 Å². The van der Waals surface area contributed by atoms with Gasteiger partial charge in [-0.15, -0.1) is 0 Å². The van der Waals surface area contributed by atoms with Gasteiger partial charge in [-0.3, -0.25) is 14.6 Å². The van der Waals surface area contributed by atoms with Crippen LogP contribution in [0.15, 0.2) is 53.4 Å². The van der Waals surface area contributed by atoms with E-state index < -0.39 is 21.6 Å². The number of hydrogen-bond donors (Lipinski definition) is 1. The summed E-state index contributed by atoms with van der Waals surface area (Å²) in [6.45, 7) is 3.58. The fraction of sp³-hybridized carbons (Fsp3) is 0.409. The normalized spacial score (nSPS) is 16.5. The molecule has 1 saturated heterocycles. The van der Waals surface area contributed by atoms with Gasteiger partial charge in [-0.1, -0.05) is 18.2 Å². The summed E-state index contributed by atoms with van der Waals surface area (Å²) in [5.74, 6) is -0.230. The molecule has 1 amide bonds. The Morgan fingerprint density at radius 2 is 1.66 bits per heavy atom. The lowest BCUT2D eigenvalue weighted by Crippen LogP contribution is -2.36. The Kier molecular flexibility index (Phi) is 7.58. The predicted molar refractivity (Wildman–Crippen MR) is 116 cm³/mol. The maximum absolute atomic E-state index is 12.7. The van der Waals surface area contributed by atoms with Gasteiger partial charge in [0.05, 0.1) is 17.0 Å². The van der Waals surface area contributed by atoms with Crippen LogP contribution >= 0.6 is 0 Å². The summed E-state index contributed by atoms with van der Waals surface area (Å²) in [5.41, 5.74) is 0.586. The monoisotopic (exact) mass is 469 g/mol. The van der Waals surface area contributed by atoms with E-state index in [1.54, 1.807) is 12.1 Å². The summed E-state index contributed by atoms with van der Waals surface area (Å²) in [5, 5.41) is 2.74. The quantitative estimate of drug-likeness (QED) is 0.704. The van der Waals surface area contributed by atoms with Gasteiger partial charge in [0.25, 0.3) is 0 Å². The van der Waals surface area contributed by atoms with Crippen LogP contribution in [-0.2, 0) is 27.4 Å². The molecule has 2 aromatic rings. The number of nitrogens with zero attached hydrogens (tertiary/aromatic N) is 2. The number of nitrogens with one attached hydrogen (secondary N) is 1. The van der Waals surface area contributed by atoms with Crippen molar-refractivity contribution < 1.29 is 26.4 Å². The molecule has 1 aliphatic rings. The van der Waals surface area contributed by atoms with Gasteiger partial charge < -0.3 is 5.32 Å². The number of anilines is 1. The fourth-order valence-electron chi connectivity index (χ4n) is 3.61. The molecule has 0 saturated carbocycles. The van der Waals surface area contributed by atoms with E-state index in [4.69, 9.17) is 0 Å². The SMILES string of the molecule is CS(=O)(=O)c1cccc(NC(=O)CN2CCCN(Cc3ccc(C(F)(F)F)cc3)CC2)c1. The summed E-state index contributed by atoms with van der Waals surface area (Å²) in [4.78, 5) is 16.8. The number of hydrogen-bond acceptors (Lipinski definition) is 5. The molecule has 6 nitrogen and oxygen atoms in total. The highest BCUT2D eigenvalue weighted by Gasteiger charge is 2.30. The number of carbonyl (C=O) groups excluding carboxylic acids is 1. The molecule has 0 radical (unpaired) electrons. The standard InChI is InChI=1S/C22H26F3N3O3S/c1-32(30,31)20-5-2-4-19(14-20)26-21(29)16-28-11-3-10-27(12-13-28)15-17-6-8-18(9-7-17)22(23,24)25/h2,4-9,14H,3,10-13,15-16H2,1H3,(H,26,29). The molecule has 1 N–H and O–H groups in total. The van der Waals surface area contributed by atoms with Gasteiger partial charge in [-0.25, -0.2) is 8.42 Å². The Bertz CT molecular complexity index is 1040. The zero-order valence-electron chi connectivity index (χ0n) is 17.7. The Hall–Kier alpha value is -2.43. The molecule has 2 aromatic carbocycles. The minimum atomic E-state index is -4.34. The van der Waals surface area contributed by atoms with E-state index in [1.807, 2.05) is 4.90 Å². The smallest absolute Gasteiger partial charge is 0.325 e. The molecule has 10 heteroatoms. The van der Waals surface area contributed by atoms with Gasteiger partial charge in [0.1, 0.15) is 0 Å². The van der Waals surface area contributed by atoms with E-state index in [1.165, 1.54) is 24.3 Å². The molecule has 0 aromatic heterocycles. The van der Waals surface area contributed by atoms with Crippen molar-refractivity contribution in [3.8, 4) is 0 Å². The van der Waals surface area contributed by atoms with Crippen molar-refractivity contribution in [2.24, 2.45) is 0 Å². The average molecular weight is 470 g/mol. The number of halogens is 3. The number of amides is 1. The van der Waals surface area contributed by atoms with Gasteiger partial charge in [-0.2, -0.15) is 13.2 Å². The van der Waals surface area contributed by atoms with Crippen LogP contribution in [0.2, 0.25) is 0 Å². The molecule has 1 fully saturated rings. The lowest BCUT2D eigenvalue weighted by Gasteiger charge is -2.21. The Morgan fingerprint density at radius 3 is 2.31 bits per heavy atom. The summed E-state index contributed by atoms with van der Waals surface area (Å²) in [6.07, 6.45) is -2.40. The largest absolute Gasteiger partial charge is 0.416 e. The van der Waals surface area contributed by atoms with Crippen molar-refractivity contribution in [1.29, 1.82) is 0 Å². The second kappa shape index (κ2) is 10.0. The van der Waals surface area contributed by atoms with Crippen molar-refractivity contribution in [2.75, 3.05) is 44.3 Å². The van der Waals surface area contributed by atoms with E-state index in [0.717, 1.165) is 43.5 Å². The highest BCUT2D eigenvalue weighted by atomic mass is 32.2. The second-order valence-electron chi connectivity index (χ2n) is 7.95. The minimum Gasteiger partial charge on any atom is -0.325 e. The number of carbonyl (C=O) groups is 1. The van der Waals surface area contributed by atoms with Crippen molar-refractivity contribution in [1.82, 2.24) is 9.80 Å². The molecule has 0 bridgehead atoms. The third-order valence-electron chi connectivity index (χ3n) is 5.28. The first-order valence-electron chi connectivity index (χ1n) is 10.2. The Morgan fingerprint density at radius 1 is 1.00 bits per heavy atom. The Balaban J connectivity index is 1.50. The average Bonchev–Trinajstić information content (AvgIpc) is 2.92. The number of rotatable bonds is 6. The van der Waals surface area contributed by atoms with E-state index in [9.17, 15) is 26.4 Å². The highest BCUT2D eigenvalue weighted by Crippen LogP contribution is 2.29. The lowest BCUT2D eigenvalue weighted by atomic mass is 10.1. The Labute approximate surface area is 185 Å². The van der Waals surface area contributed by atoms with Crippen LogP contribution in [0.25, 0.3) is 0 Å². The fourth-order valence-corrected chi connectivity index (χ4v) is 4.27. The first-order valence-corrected chi connectivity index (χ1v) is 12.1. The third-order valence-corrected chi connectivity index (χ3v) is 6.39. The van der Waals surface area contributed by atoms with E-state index in [0.29, 0.717) is 25.3 Å². The molecule has 0 aliphatic carbocycles. The summed E-state index contributed by atoms with van der Waals surface area (Å²) >= 11 is 0. The molecule has 32 heavy (non-hydrogen) atoms. The van der Waals surface area contributed by atoms with Crippen LogP contribution in [0, 0.1) is 0 Å². The van der Waals surface area contributed by atoms with Gasteiger partial charge in [0.15, 0.2) is 9.84 Å². The van der Waals surface area contributed by atoms with Crippen LogP contribution in [0.4, 0.5) is 18.9 Å². The number of alkyl halides is 3. The molecule has 1 aliphatic heterocycles. The molecular formula is C22H26F3N3O3S. The summed E-state index contributed by atoms with van der Waals surface area (Å²) < 4.78 is 61.5. The topological polar surface area (TPSA) is 69.7 Å². The van der Waals surface area contributed by atoms with Gasteiger partial charge in [-0.05, 0) is 55.4 Å². The van der Waals surface area contributed by atoms with E-state index in [2.05, 4.69) is 10.2 Å². The molecule has 174 valence electrons. The van der Waals surface area contributed by atoms with Gasteiger partial charge >= 0.3 is 6.18 Å². The first kappa shape index (κ1) is 24.2. The van der Waals surface area contributed by atoms with Crippen molar-refractivity contribution in [3.63, 3.8) is 0 Å². The highest BCUT2D eigenvalue weighted by molar-refractivity contribution is 7.90. The maximum Gasteiger partial charge on any atom is 0.416 e. The van der Waals surface area contributed by atoms with Crippen LogP contribution in [0.5, 0.6) is 0 Å². The predicted octanol–water partition coefficient (Wildman–Crippen LogP) is 3.26. The zero-order valence-corrected chi connectivity index (χ0v) is 18.5. The van der Waals surface area contributed by atoms with E-state index in [-0.39, 0.29) is 17.3 Å². The summed E-state index contributed by atoms with van der Waals surface area (Å²) in [7, 11) is -3.36. The van der Waals surface area contributed by atoms with Crippen molar-refractivity contribution in [3.05, 3.63) is 59.7 Å². The molecule has 0 spiro atoms. The molecule has 0 unspecified atom stereocenters. The third kappa shape index (κ3) is 7.04.